The van der Waals surface area contributed by atoms with E-state index >= 15 is 0 Å². The Morgan fingerprint density at radius 3 is 2.74 bits per heavy atom. The molecule has 0 unspecified atom stereocenters. The molecule has 0 saturated carbocycles. The molecule has 0 aliphatic carbocycles. The molecule has 5 nitrogen and oxygen atoms in total. The van der Waals surface area contributed by atoms with Gasteiger partial charge in [0.25, 0.3) is 0 Å². The molecule has 7 heteroatoms. The third-order valence-corrected chi connectivity index (χ3v) is 2.45. The quantitative estimate of drug-likeness (QED) is 0.904. The van der Waals surface area contributed by atoms with Gasteiger partial charge in [-0.2, -0.15) is 0 Å². The summed E-state index contributed by atoms with van der Waals surface area (Å²) in [5.41, 5.74) is 1.33. The first-order valence-electron chi connectivity index (χ1n) is 5.48. The van der Waals surface area contributed by atoms with Crippen molar-refractivity contribution in [3.05, 3.63) is 36.2 Å². The van der Waals surface area contributed by atoms with E-state index in [0.29, 0.717) is 11.6 Å². The molecule has 3 rings (SSSR count). The first-order valence-corrected chi connectivity index (χ1v) is 5.48. The van der Waals surface area contributed by atoms with Gasteiger partial charge in [0.15, 0.2) is 11.5 Å². The van der Waals surface area contributed by atoms with E-state index in [1.807, 2.05) is 6.92 Å². The highest BCUT2D eigenvalue weighted by Crippen LogP contribution is 2.42. The van der Waals surface area contributed by atoms with E-state index in [4.69, 9.17) is 0 Å². The van der Waals surface area contributed by atoms with Gasteiger partial charge in [-0.3, -0.25) is 0 Å². The average molecular weight is 265 g/mol. The van der Waals surface area contributed by atoms with Crippen LogP contribution < -0.4 is 14.8 Å². The van der Waals surface area contributed by atoms with Crippen molar-refractivity contribution in [2.24, 2.45) is 0 Å². The summed E-state index contributed by atoms with van der Waals surface area (Å²) in [5, 5.41) is 2.90. The molecule has 2 heterocycles. The number of aryl methyl sites for hydroxylation is 1. The van der Waals surface area contributed by atoms with Gasteiger partial charge in [0.05, 0.1) is 0 Å². The SMILES string of the molecule is Cc1ccnc(Nc2ccc3c(c2)OC(F)(F)O3)n1. The second-order valence-corrected chi connectivity index (χ2v) is 3.98. The zero-order valence-electron chi connectivity index (χ0n) is 9.85. The smallest absolute Gasteiger partial charge is 0.395 e. The molecule has 0 atom stereocenters. The van der Waals surface area contributed by atoms with E-state index in [1.165, 1.54) is 12.1 Å². The lowest BCUT2D eigenvalue weighted by Gasteiger charge is -2.05. The summed E-state index contributed by atoms with van der Waals surface area (Å²) in [5.74, 6) is 0.356. The van der Waals surface area contributed by atoms with Crippen molar-refractivity contribution in [1.82, 2.24) is 9.97 Å². The normalized spacial score (nSPS) is 15.3. The molecular weight excluding hydrogens is 256 g/mol. The second kappa shape index (κ2) is 4.04. The van der Waals surface area contributed by atoms with E-state index in [0.717, 1.165) is 5.69 Å². The summed E-state index contributed by atoms with van der Waals surface area (Å²) >= 11 is 0. The van der Waals surface area contributed by atoms with Crippen LogP contribution in [0.15, 0.2) is 30.5 Å². The fourth-order valence-corrected chi connectivity index (χ4v) is 1.66. The van der Waals surface area contributed by atoms with Crippen LogP contribution >= 0.6 is 0 Å². The summed E-state index contributed by atoms with van der Waals surface area (Å²) in [4.78, 5) is 8.16. The molecule has 1 aromatic carbocycles. The monoisotopic (exact) mass is 265 g/mol. The molecule has 2 aromatic rings. The van der Waals surface area contributed by atoms with Gasteiger partial charge in [-0.05, 0) is 25.1 Å². The van der Waals surface area contributed by atoms with Crippen molar-refractivity contribution in [3.8, 4) is 11.5 Å². The lowest BCUT2D eigenvalue weighted by molar-refractivity contribution is -0.286. The summed E-state index contributed by atoms with van der Waals surface area (Å²) < 4.78 is 34.4. The van der Waals surface area contributed by atoms with Gasteiger partial charge in [0.2, 0.25) is 5.95 Å². The van der Waals surface area contributed by atoms with E-state index in [1.54, 1.807) is 18.3 Å². The summed E-state index contributed by atoms with van der Waals surface area (Å²) in [6.45, 7) is 1.83. The van der Waals surface area contributed by atoms with E-state index < -0.39 is 6.29 Å². The average Bonchev–Trinajstić information content (AvgIpc) is 2.62. The standard InChI is InChI=1S/C12H9F2N3O2/c1-7-4-5-15-11(16-7)17-8-2-3-9-10(6-8)19-12(13,14)18-9/h2-6H,1H3,(H,15,16,17). The van der Waals surface area contributed by atoms with Gasteiger partial charge >= 0.3 is 6.29 Å². The van der Waals surface area contributed by atoms with Crippen LogP contribution in [0.25, 0.3) is 0 Å². The molecule has 1 aliphatic rings. The summed E-state index contributed by atoms with van der Waals surface area (Å²) in [6.07, 6.45) is -2.01. The number of aromatic nitrogens is 2. The maximum absolute atomic E-state index is 12.9. The molecule has 0 amide bonds. The highest BCUT2D eigenvalue weighted by atomic mass is 19.3. The Morgan fingerprint density at radius 1 is 1.16 bits per heavy atom. The molecule has 1 aliphatic heterocycles. The van der Waals surface area contributed by atoms with Crippen LogP contribution in [0.1, 0.15) is 5.69 Å². The topological polar surface area (TPSA) is 56.3 Å². The minimum absolute atomic E-state index is 0.000658. The number of anilines is 2. The molecule has 0 fully saturated rings. The Hall–Kier alpha value is -2.44. The van der Waals surface area contributed by atoms with Gasteiger partial charge in [-0.15, -0.1) is 8.78 Å². The van der Waals surface area contributed by atoms with Crippen molar-refractivity contribution < 1.29 is 18.3 Å². The Kier molecular flexibility index (Phi) is 2.48. The Morgan fingerprint density at radius 2 is 1.95 bits per heavy atom. The van der Waals surface area contributed by atoms with Crippen molar-refractivity contribution in [2.45, 2.75) is 13.2 Å². The fraction of sp³-hybridized carbons (Fsp3) is 0.167. The van der Waals surface area contributed by atoms with Crippen LogP contribution in [0.5, 0.6) is 11.5 Å². The van der Waals surface area contributed by atoms with Crippen LogP contribution in [0.2, 0.25) is 0 Å². The number of nitrogens with zero attached hydrogens (tertiary/aromatic N) is 2. The number of benzene rings is 1. The summed E-state index contributed by atoms with van der Waals surface area (Å²) in [7, 11) is 0. The van der Waals surface area contributed by atoms with Crippen LogP contribution in [0, 0.1) is 6.92 Å². The molecule has 0 radical (unpaired) electrons. The molecule has 0 bridgehead atoms. The molecule has 0 saturated heterocycles. The van der Waals surface area contributed by atoms with Crippen molar-refractivity contribution in [2.75, 3.05) is 5.32 Å². The third kappa shape index (κ3) is 2.40. The predicted molar refractivity (Wildman–Crippen MR) is 62.7 cm³/mol. The number of rotatable bonds is 2. The number of halogens is 2. The predicted octanol–water partition coefficient (Wildman–Crippen LogP) is 2.85. The highest BCUT2D eigenvalue weighted by Gasteiger charge is 2.43. The molecule has 1 aromatic heterocycles. The fourth-order valence-electron chi connectivity index (χ4n) is 1.66. The maximum atomic E-state index is 12.9. The molecule has 0 spiro atoms. The number of fused-ring (bicyclic) bond motifs is 1. The number of hydrogen-bond acceptors (Lipinski definition) is 5. The first-order chi connectivity index (χ1) is 9.02. The Labute approximate surface area is 107 Å². The number of alkyl halides is 2. The Balaban J connectivity index is 1.85. The maximum Gasteiger partial charge on any atom is 0.586 e. The molecule has 1 N–H and O–H groups in total. The van der Waals surface area contributed by atoms with Crippen molar-refractivity contribution in [1.29, 1.82) is 0 Å². The van der Waals surface area contributed by atoms with Gasteiger partial charge in [-0.25, -0.2) is 9.97 Å². The zero-order chi connectivity index (χ0) is 13.5. The number of ether oxygens (including phenoxy) is 2. The second-order valence-electron chi connectivity index (χ2n) is 3.98. The highest BCUT2D eigenvalue weighted by molar-refractivity contribution is 5.60. The lowest BCUT2D eigenvalue weighted by atomic mass is 10.3. The van der Waals surface area contributed by atoms with Gasteiger partial charge in [-0.1, -0.05) is 0 Å². The molecule has 98 valence electrons. The minimum Gasteiger partial charge on any atom is -0.395 e. The van der Waals surface area contributed by atoms with E-state index in [-0.39, 0.29) is 11.5 Å². The van der Waals surface area contributed by atoms with Crippen LogP contribution in [0.3, 0.4) is 0 Å². The van der Waals surface area contributed by atoms with Gasteiger partial charge < -0.3 is 14.8 Å². The van der Waals surface area contributed by atoms with Gasteiger partial charge in [0.1, 0.15) is 0 Å². The minimum atomic E-state index is -3.61. The van der Waals surface area contributed by atoms with Crippen LogP contribution in [-0.2, 0) is 0 Å². The lowest BCUT2D eigenvalue weighted by Crippen LogP contribution is -2.25. The Bertz CT molecular complexity index is 634. The summed E-state index contributed by atoms with van der Waals surface area (Å²) in [6, 6.07) is 6.14. The van der Waals surface area contributed by atoms with E-state index in [9.17, 15) is 8.78 Å². The first kappa shape index (κ1) is 11.6. The van der Waals surface area contributed by atoms with Crippen molar-refractivity contribution in [3.63, 3.8) is 0 Å². The van der Waals surface area contributed by atoms with Crippen LogP contribution in [-0.4, -0.2) is 16.3 Å². The molecular formula is C12H9F2N3O2. The molecule has 19 heavy (non-hydrogen) atoms. The number of nitrogens with one attached hydrogen (secondary N) is 1. The zero-order valence-corrected chi connectivity index (χ0v) is 9.85. The van der Waals surface area contributed by atoms with E-state index in [2.05, 4.69) is 24.8 Å². The number of hydrogen-bond donors (Lipinski definition) is 1. The van der Waals surface area contributed by atoms with Gasteiger partial charge in [0, 0.05) is 23.6 Å². The van der Waals surface area contributed by atoms with Crippen molar-refractivity contribution >= 4 is 11.6 Å². The third-order valence-electron chi connectivity index (χ3n) is 2.45. The largest absolute Gasteiger partial charge is 0.586 e. The van der Waals surface area contributed by atoms with Crippen LogP contribution in [0.4, 0.5) is 20.4 Å².